The van der Waals surface area contributed by atoms with Crippen molar-refractivity contribution in [3.63, 3.8) is 0 Å². The predicted octanol–water partition coefficient (Wildman–Crippen LogP) is 19.2. The van der Waals surface area contributed by atoms with Crippen LogP contribution in [0.3, 0.4) is 0 Å². The first kappa shape index (κ1) is 128. The molecular formula is C104H140BCl4LiN6NaO18S4. The van der Waals surface area contributed by atoms with Gasteiger partial charge in [0.25, 0.3) is 5.24 Å². The van der Waals surface area contributed by atoms with Crippen LogP contribution in [0.25, 0.3) is 0 Å². The molecule has 6 aliphatic rings. The summed E-state index contributed by atoms with van der Waals surface area (Å²) in [7, 11) is 0. The van der Waals surface area contributed by atoms with Gasteiger partial charge in [0.15, 0.2) is 0 Å². The monoisotopic (exact) mass is 2070 g/mol. The standard InChI is InChI=1S/C26H34N2O3S2.C17H23NO4.C17H25NO3.C17H23NO3.C9H11NS2.C7H5ClO.C5H9ClO2.C4H9.C2Cl2O2.B.Li.Na.H/c1-25(2,3)31-24(30)28-18-20(13-14-21(28)19-10-5-4-6-11-19)23(29)26(32-16-9-17-33-26)22-12-7-8-15-27-22;1-17(2,3)22-16(21)18-11-13(15(19)20)9-10-14(18)12-7-5-4-6-8-12;2*1-17(2,3)21-16(20)18-11-13(12-19)9-10-15(18)14-7-5-4-6-8-14;1-2-5-10-8(4-1)9-11-6-3-7-12-9;8-7(9)6-4-2-1-3-5-6;1-4(2)3-8-5(6)7;1-3-4-2;3-1(5)2(4)6;;;;/h4-8,10-12,15,20-21,23,29H,9,13-14,16-18H2,1-3H3;4-8,13-14H,9-11H2,1-3H3,(H,19,20);4-8,13,15,19H,9-12H2,1-3H3;4-8,12-13,15H,9-11H2,1-3H3;1-2,4-5,9H,3,6-7H2;1-5H;4H,3H2,1-2H3;1,3-4H2,2H3;;;;;/q;;;;;;;-1;;;2*+1;-1. The van der Waals surface area contributed by atoms with E-state index in [2.05, 4.69) is 76.0 Å². The zero-order valence-corrected chi connectivity index (χ0v) is 91.9. The van der Waals surface area contributed by atoms with E-state index >= 15 is 0 Å². The van der Waals surface area contributed by atoms with Crippen LogP contribution >= 0.6 is 93.5 Å². The number of amides is 4. The number of unbranched alkanes of at least 4 members (excludes halogenated alkanes) is 1. The Bertz CT molecular complexity index is 4710. The first-order valence-electron chi connectivity index (χ1n) is 46.1. The van der Waals surface area contributed by atoms with Gasteiger partial charge in [0.05, 0.1) is 58.8 Å². The molecule has 35 heteroatoms. The SMILES string of the molecule is CC(C)(C)OC(=O)N1CC(C(=O)O)CCC1c1ccccc1.CC(C)(C)OC(=O)N1CC(C(O)C2(c3ccccn3)SCCCS2)CCC1c1ccccc1.CC(C)(C)OC(=O)N1CC(C=O)CCC1c1ccccc1.CC(C)(C)OC(=O)N1CC(CO)CCC1c1ccccc1.CC(C)COC(=O)Cl.O=C(Cl)C(=O)Cl.O=C(Cl)c1ccccc1.[B].[CH2-]CCC.[H-].[Li+].[Na+].c1ccc(C2SCCCS2)nc1. The number of carbonyl (C=O) groups excluding carboxylic acids is 9. The maximum Gasteiger partial charge on any atom is 1.00 e. The number of benzene rings is 5. The van der Waals surface area contributed by atoms with Gasteiger partial charge in [-0.25, -0.2) is 24.0 Å². The Balaban J connectivity index is 0.000000829. The van der Waals surface area contributed by atoms with Crippen molar-refractivity contribution in [1.82, 2.24) is 29.6 Å². The third kappa shape index (κ3) is 48.2. The number of aliphatic carboxylic acids is 1. The van der Waals surface area contributed by atoms with Crippen molar-refractivity contribution in [1.29, 1.82) is 0 Å². The van der Waals surface area contributed by atoms with E-state index in [1.54, 1.807) is 89.5 Å². The van der Waals surface area contributed by atoms with Crippen LogP contribution in [-0.4, -0.2) is 202 Å². The van der Waals surface area contributed by atoms with Gasteiger partial charge in [-0.05, 0) is 263 Å². The van der Waals surface area contributed by atoms with E-state index in [0.29, 0.717) is 55.1 Å². The molecular weight excluding hydrogens is 1930 g/mol. The molecule has 5 aromatic carbocycles. The summed E-state index contributed by atoms with van der Waals surface area (Å²) in [5, 5.41) is 27.8. The molecule has 24 nitrogen and oxygen atoms in total. The molecule has 0 bridgehead atoms. The summed E-state index contributed by atoms with van der Waals surface area (Å²) in [4.78, 5) is 128. The Morgan fingerprint density at radius 3 is 1.19 bits per heavy atom. The van der Waals surface area contributed by atoms with Crippen molar-refractivity contribution in [3.05, 3.63) is 247 Å². The summed E-state index contributed by atoms with van der Waals surface area (Å²) < 4.78 is 26.8. The average Bonchev–Trinajstić information content (AvgIpc) is 0.763. The molecule has 3 radical (unpaired) electrons. The molecule has 3 N–H and O–H groups in total. The van der Waals surface area contributed by atoms with Crippen LogP contribution in [0, 0.1) is 36.5 Å². The molecule has 6 saturated heterocycles. The number of aliphatic hydroxyl groups excluding tert-OH is 2. The van der Waals surface area contributed by atoms with Crippen LogP contribution < -0.4 is 48.4 Å². The Labute approximate surface area is 898 Å². The molecule has 6 fully saturated rings. The largest absolute Gasteiger partial charge is 1.00 e. The summed E-state index contributed by atoms with van der Waals surface area (Å²) in [6.45, 7) is 34.0. The van der Waals surface area contributed by atoms with Gasteiger partial charge in [0.2, 0.25) is 0 Å². The van der Waals surface area contributed by atoms with Gasteiger partial charge in [-0.1, -0.05) is 191 Å². The van der Waals surface area contributed by atoms with E-state index in [1.807, 2.05) is 250 Å². The van der Waals surface area contributed by atoms with Crippen LogP contribution in [0.5, 0.6) is 0 Å². The van der Waals surface area contributed by atoms with Crippen molar-refractivity contribution in [2.24, 2.45) is 29.6 Å². The predicted molar refractivity (Wildman–Crippen MR) is 556 cm³/mol. The smallest absolute Gasteiger partial charge is 1.00 e. The first-order chi connectivity index (χ1) is 64.3. The van der Waals surface area contributed by atoms with Crippen molar-refractivity contribution in [3.8, 4) is 0 Å². The second-order valence-corrected chi connectivity index (χ2v) is 44.3. The maximum absolute atomic E-state index is 13.3. The van der Waals surface area contributed by atoms with Crippen molar-refractivity contribution in [2.45, 2.75) is 242 Å². The minimum Gasteiger partial charge on any atom is -1.00 e. The normalized spacial score (nSPS) is 19.5. The van der Waals surface area contributed by atoms with Crippen LogP contribution in [0.4, 0.5) is 24.0 Å². The molecule has 139 heavy (non-hydrogen) atoms. The second-order valence-electron chi connectivity index (χ2n) is 37.3. The number of likely N-dealkylation sites (tertiary alicyclic amines) is 4. The van der Waals surface area contributed by atoms with Crippen molar-refractivity contribution < 1.29 is 137 Å². The number of halogens is 4. The summed E-state index contributed by atoms with van der Waals surface area (Å²) >= 11 is 26.6. The fourth-order valence-electron chi connectivity index (χ4n) is 14.8. The zero-order valence-electron chi connectivity index (χ0n) is 84.6. The molecule has 751 valence electrons. The number of ether oxygens (including phenoxy) is 5. The number of pyridine rings is 2. The van der Waals surface area contributed by atoms with Crippen LogP contribution in [-0.2, 0) is 46.9 Å². The summed E-state index contributed by atoms with van der Waals surface area (Å²) in [6, 6.07) is 60.5. The summed E-state index contributed by atoms with van der Waals surface area (Å²) in [6.07, 6.45) is 13.5. The number of carboxylic acids is 1. The second kappa shape index (κ2) is 66.3. The molecule has 4 amide bonds. The maximum atomic E-state index is 13.3. The molecule has 6 aliphatic heterocycles. The number of rotatable bonds is 16. The van der Waals surface area contributed by atoms with Crippen LogP contribution in [0.2, 0.25) is 0 Å². The number of hydrogen-bond donors (Lipinski definition) is 3. The minimum absolute atomic E-state index is 0. The average molecular weight is 2070 g/mol. The van der Waals surface area contributed by atoms with E-state index in [1.165, 1.54) is 30.0 Å². The number of nitrogens with zero attached hydrogens (tertiary/aromatic N) is 6. The van der Waals surface area contributed by atoms with Gasteiger partial charge < -0.3 is 71.7 Å². The van der Waals surface area contributed by atoms with E-state index in [4.69, 9.17) is 42.1 Å². The molecule has 13 rings (SSSR count). The van der Waals surface area contributed by atoms with E-state index in [0.717, 1.165) is 97.1 Å². The molecule has 0 aliphatic carbocycles. The number of aliphatic hydroxyl groups is 2. The Kier molecular flexibility index (Phi) is 61.2. The number of carboxylic acid groups (broad SMARTS) is 1. The Morgan fingerprint density at radius 1 is 0.504 bits per heavy atom. The number of piperidine rings is 4. The summed E-state index contributed by atoms with van der Waals surface area (Å²) in [5.74, 6) is 3.51. The topological polar surface area (TPSA) is 316 Å². The quantitative estimate of drug-likeness (QED) is 0.0202. The van der Waals surface area contributed by atoms with Crippen LogP contribution in [0.1, 0.15) is 255 Å². The van der Waals surface area contributed by atoms with Gasteiger partial charge in [-0.2, -0.15) is 6.42 Å². The third-order valence-electron chi connectivity index (χ3n) is 21.1. The molecule has 0 spiro atoms. The number of thioether (sulfide) groups is 4. The molecule has 7 aromatic rings. The first-order valence-corrected chi connectivity index (χ1v) is 51.7. The molecule has 9 unspecified atom stereocenters. The van der Waals surface area contributed by atoms with Crippen molar-refractivity contribution >= 4 is 160 Å². The number of carbonyl (C=O) groups is 10. The minimum atomic E-state index is -1.14. The van der Waals surface area contributed by atoms with Crippen molar-refractivity contribution in [2.75, 3.05) is 62.4 Å². The van der Waals surface area contributed by atoms with E-state index in [-0.39, 0.29) is 132 Å². The molecule has 8 heterocycles. The van der Waals surface area contributed by atoms with Gasteiger partial charge in [0.1, 0.15) is 32.8 Å². The number of aromatic nitrogens is 2. The molecule has 2 aromatic heterocycles. The van der Waals surface area contributed by atoms with Gasteiger partial charge in [-0.3, -0.25) is 29.1 Å². The van der Waals surface area contributed by atoms with Gasteiger partial charge in [0, 0.05) is 82.6 Å². The summed E-state index contributed by atoms with van der Waals surface area (Å²) in [5.41, 5.74) is 4.08. The van der Waals surface area contributed by atoms with Gasteiger partial charge in [-0.15, -0.1) is 47.0 Å². The van der Waals surface area contributed by atoms with Gasteiger partial charge >= 0.3 is 94.7 Å². The van der Waals surface area contributed by atoms with E-state index < -0.39 is 71.7 Å². The zero-order chi connectivity index (χ0) is 101. The number of aldehydes is 1. The Morgan fingerprint density at radius 2 is 0.863 bits per heavy atom. The number of hydrogen-bond acceptors (Lipinski definition) is 23. The fourth-order valence-corrected chi connectivity index (χ4v) is 21.3. The Hall–Kier alpha value is -6.76. The van der Waals surface area contributed by atoms with E-state index in [9.17, 15) is 63.3 Å². The molecule has 9 atom stereocenters. The van der Waals surface area contributed by atoms with Crippen LogP contribution in [0.15, 0.2) is 200 Å². The molecule has 0 saturated carbocycles. The fraction of sp³-hybridized carbons (Fsp3) is 0.510. The third-order valence-corrected chi connectivity index (χ3v) is 28.3.